The van der Waals surface area contributed by atoms with Gasteiger partial charge >= 0.3 is 6.18 Å². The van der Waals surface area contributed by atoms with Crippen LogP contribution in [0.2, 0.25) is 0 Å². The van der Waals surface area contributed by atoms with Crippen LogP contribution in [0.5, 0.6) is 0 Å². The molecule has 1 aromatic carbocycles. The zero-order valence-corrected chi connectivity index (χ0v) is 9.94. The fourth-order valence-corrected chi connectivity index (χ4v) is 1.84. The Morgan fingerprint density at radius 1 is 1.24 bits per heavy atom. The van der Waals surface area contributed by atoms with E-state index >= 15 is 0 Å². The molecule has 96 valence electrons. The summed E-state index contributed by atoms with van der Waals surface area (Å²) in [5.41, 5.74) is 1.77. The minimum atomic E-state index is -4.08. The number of para-hydroxylation sites is 2. The van der Waals surface area contributed by atoms with Gasteiger partial charge in [0.15, 0.2) is 0 Å². The van der Waals surface area contributed by atoms with Gasteiger partial charge in [-0.3, -0.25) is 0 Å². The Kier molecular flexibility index (Phi) is 4.51. The molecule has 1 aliphatic heterocycles. The lowest BCUT2D eigenvalue weighted by Gasteiger charge is -2.32. The number of rotatable bonds is 2. The van der Waals surface area contributed by atoms with Crippen molar-refractivity contribution in [3.05, 3.63) is 24.3 Å². The van der Waals surface area contributed by atoms with E-state index < -0.39 is 12.6 Å². The molecule has 0 bridgehead atoms. The number of anilines is 2. The summed E-state index contributed by atoms with van der Waals surface area (Å²) in [5.74, 6) is 0. The molecule has 1 aromatic rings. The minimum Gasteiger partial charge on any atom is -0.382 e. The summed E-state index contributed by atoms with van der Waals surface area (Å²) >= 11 is 0. The third-order valence-electron chi connectivity index (χ3n) is 2.61. The Morgan fingerprint density at radius 2 is 1.94 bits per heavy atom. The van der Waals surface area contributed by atoms with Crippen LogP contribution in [0.3, 0.4) is 0 Å². The molecule has 2 nitrogen and oxygen atoms in total. The molecule has 0 aromatic heterocycles. The van der Waals surface area contributed by atoms with Crippen molar-refractivity contribution in [2.24, 2.45) is 0 Å². The van der Waals surface area contributed by atoms with Gasteiger partial charge in [0, 0.05) is 19.6 Å². The lowest BCUT2D eigenvalue weighted by Crippen LogP contribution is -2.36. The van der Waals surface area contributed by atoms with Gasteiger partial charge in [-0.25, -0.2) is 0 Å². The van der Waals surface area contributed by atoms with Crippen molar-refractivity contribution in [3.8, 4) is 0 Å². The van der Waals surface area contributed by atoms with E-state index in [0.29, 0.717) is 13.1 Å². The van der Waals surface area contributed by atoms with Gasteiger partial charge in [-0.2, -0.15) is 13.2 Å². The van der Waals surface area contributed by atoms with E-state index in [1.807, 2.05) is 24.3 Å². The van der Waals surface area contributed by atoms with Crippen molar-refractivity contribution in [2.45, 2.75) is 12.6 Å². The molecule has 0 saturated carbocycles. The molecule has 1 heterocycles. The summed E-state index contributed by atoms with van der Waals surface area (Å²) in [5, 5.41) is 3.17. The molecule has 0 unspecified atom stereocenters. The van der Waals surface area contributed by atoms with Gasteiger partial charge < -0.3 is 10.2 Å². The highest BCUT2D eigenvalue weighted by atomic mass is 35.5. The average molecular weight is 267 g/mol. The Balaban J connectivity index is 0.00000144. The lowest BCUT2D eigenvalue weighted by molar-refractivity contribution is -0.132. The Morgan fingerprint density at radius 3 is 2.65 bits per heavy atom. The van der Waals surface area contributed by atoms with E-state index in [1.165, 1.54) is 0 Å². The van der Waals surface area contributed by atoms with Gasteiger partial charge in [0.1, 0.15) is 0 Å². The summed E-state index contributed by atoms with van der Waals surface area (Å²) in [7, 11) is 0. The molecule has 0 fully saturated rings. The number of hydrogen-bond donors (Lipinski definition) is 1. The van der Waals surface area contributed by atoms with Crippen molar-refractivity contribution in [1.29, 1.82) is 0 Å². The van der Waals surface area contributed by atoms with Gasteiger partial charge in [0.25, 0.3) is 0 Å². The Hall–Kier alpha value is -1.10. The van der Waals surface area contributed by atoms with Gasteiger partial charge in [0.05, 0.1) is 17.8 Å². The lowest BCUT2D eigenvalue weighted by atomic mass is 10.2. The van der Waals surface area contributed by atoms with Crippen molar-refractivity contribution in [1.82, 2.24) is 0 Å². The number of fused-ring (bicyclic) bond motifs is 1. The number of hydrogen-bond acceptors (Lipinski definition) is 2. The van der Waals surface area contributed by atoms with Crippen LogP contribution in [0, 0.1) is 0 Å². The number of nitrogens with zero attached hydrogens (tertiary/aromatic N) is 1. The highest BCUT2D eigenvalue weighted by Crippen LogP contribution is 2.30. The van der Waals surface area contributed by atoms with Crippen LogP contribution in [0.1, 0.15) is 6.42 Å². The van der Waals surface area contributed by atoms with E-state index in [2.05, 4.69) is 5.32 Å². The first kappa shape index (κ1) is 14.0. The summed E-state index contributed by atoms with van der Waals surface area (Å²) in [6, 6.07) is 7.44. The van der Waals surface area contributed by atoms with Gasteiger partial charge in [-0.15, -0.1) is 12.4 Å². The van der Waals surface area contributed by atoms with Crippen LogP contribution < -0.4 is 10.2 Å². The number of nitrogens with one attached hydrogen (secondary N) is 1. The second-order valence-corrected chi connectivity index (χ2v) is 3.80. The maximum Gasteiger partial charge on any atom is 0.390 e. The molecular weight excluding hydrogens is 253 g/mol. The molecule has 0 radical (unpaired) electrons. The van der Waals surface area contributed by atoms with Crippen molar-refractivity contribution < 1.29 is 13.2 Å². The van der Waals surface area contributed by atoms with Gasteiger partial charge in [-0.1, -0.05) is 12.1 Å². The zero-order valence-electron chi connectivity index (χ0n) is 9.13. The fraction of sp³-hybridized carbons (Fsp3) is 0.455. The molecule has 17 heavy (non-hydrogen) atoms. The predicted octanol–water partition coefficient (Wildman–Crippen LogP) is 3.29. The largest absolute Gasteiger partial charge is 0.390 e. The van der Waals surface area contributed by atoms with Crippen LogP contribution in [-0.4, -0.2) is 25.8 Å². The van der Waals surface area contributed by atoms with E-state index in [1.54, 1.807) is 4.90 Å². The molecule has 1 aliphatic rings. The maximum absolute atomic E-state index is 12.1. The third kappa shape index (κ3) is 3.70. The smallest absolute Gasteiger partial charge is 0.382 e. The topological polar surface area (TPSA) is 15.3 Å². The summed E-state index contributed by atoms with van der Waals surface area (Å²) in [6.07, 6.45) is -4.85. The molecule has 0 aliphatic carbocycles. The number of halogens is 4. The number of alkyl halides is 3. The van der Waals surface area contributed by atoms with E-state index in [-0.39, 0.29) is 19.0 Å². The predicted molar refractivity (Wildman–Crippen MR) is 65.1 cm³/mol. The zero-order chi connectivity index (χ0) is 11.6. The Bertz CT molecular complexity index is 368. The standard InChI is InChI=1S/C11H13F3N2.ClH/c12-11(13,14)5-7-16-8-6-15-9-3-1-2-4-10(9)16;/h1-4,15H,5-8H2;1H. The van der Waals surface area contributed by atoms with Crippen LogP contribution >= 0.6 is 12.4 Å². The van der Waals surface area contributed by atoms with Crippen LogP contribution in [0.15, 0.2) is 24.3 Å². The van der Waals surface area contributed by atoms with Gasteiger partial charge in [-0.05, 0) is 12.1 Å². The molecule has 0 atom stereocenters. The highest BCUT2D eigenvalue weighted by molar-refractivity contribution is 5.85. The molecule has 2 rings (SSSR count). The van der Waals surface area contributed by atoms with Crippen LogP contribution in [0.25, 0.3) is 0 Å². The van der Waals surface area contributed by atoms with Gasteiger partial charge in [0.2, 0.25) is 0 Å². The fourth-order valence-electron chi connectivity index (χ4n) is 1.84. The molecule has 0 saturated heterocycles. The summed E-state index contributed by atoms with van der Waals surface area (Å²) in [4.78, 5) is 1.78. The Labute approximate surface area is 104 Å². The summed E-state index contributed by atoms with van der Waals surface area (Å²) < 4.78 is 36.4. The average Bonchev–Trinajstić information content (AvgIpc) is 2.25. The first-order chi connectivity index (χ1) is 7.56. The molecule has 0 amide bonds. The monoisotopic (exact) mass is 266 g/mol. The maximum atomic E-state index is 12.1. The van der Waals surface area contributed by atoms with E-state index in [9.17, 15) is 13.2 Å². The van der Waals surface area contributed by atoms with E-state index in [4.69, 9.17) is 0 Å². The van der Waals surface area contributed by atoms with E-state index in [0.717, 1.165) is 11.4 Å². The van der Waals surface area contributed by atoms with Crippen molar-refractivity contribution >= 4 is 23.8 Å². The third-order valence-corrected chi connectivity index (χ3v) is 2.61. The molecule has 1 N–H and O–H groups in total. The first-order valence-electron chi connectivity index (χ1n) is 5.21. The van der Waals surface area contributed by atoms with Crippen molar-refractivity contribution in [2.75, 3.05) is 29.9 Å². The first-order valence-corrected chi connectivity index (χ1v) is 5.21. The molecular formula is C11H14ClF3N2. The van der Waals surface area contributed by atoms with Crippen molar-refractivity contribution in [3.63, 3.8) is 0 Å². The second kappa shape index (κ2) is 5.49. The highest BCUT2D eigenvalue weighted by Gasteiger charge is 2.28. The quantitative estimate of drug-likeness (QED) is 0.884. The van der Waals surface area contributed by atoms with Crippen LogP contribution in [-0.2, 0) is 0 Å². The minimum absolute atomic E-state index is 0. The molecule has 0 spiro atoms. The summed E-state index contributed by atoms with van der Waals surface area (Å²) in [6.45, 7) is 1.34. The molecule has 6 heteroatoms. The normalized spacial score (nSPS) is 14.6. The SMILES string of the molecule is Cl.FC(F)(F)CCN1CCNc2ccccc21. The number of benzene rings is 1. The van der Waals surface area contributed by atoms with Crippen LogP contribution in [0.4, 0.5) is 24.5 Å². The second-order valence-electron chi connectivity index (χ2n) is 3.80.